The van der Waals surface area contributed by atoms with Crippen molar-refractivity contribution in [1.29, 1.82) is 0 Å². The Hall–Kier alpha value is -3.00. The van der Waals surface area contributed by atoms with Crippen LogP contribution in [-0.2, 0) is 0 Å². The van der Waals surface area contributed by atoms with Gasteiger partial charge in [-0.1, -0.05) is 0 Å². The summed E-state index contributed by atoms with van der Waals surface area (Å²) in [5.41, 5.74) is 7.12. The third-order valence-electron chi connectivity index (χ3n) is 4.85. The molecule has 1 aliphatic carbocycles. The van der Waals surface area contributed by atoms with Crippen molar-refractivity contribution in [2.45, 2.75) is 39.5 Å². The monoisotopic (exact) mass is 410 g/mol. The molecule has 0 unspecified atom stereocenters. The van der Waals surface area contributed by atoms with Gasteiger partial charge in [-0.25, -0.2) is 9.97 Å². The number of hydrogen-bond donors (Lipinski definition) is 2. The first kappa shape index (κ1) is 19.3. The summed E-state index contributed by atoms with van der Waals surface area (Å²) < 4.78 is 5.36. The van der Waals surface area contributed by atoms with E-state index in [2.05, 4.69) is 20.8 Å². The molecular weight excluding hydrogens is 388 g/mol. The minimum Gasteiger partial charge on any atom is -0.494 e. The number of thiophene rings is 1. The van der Waals surface area contributed by atoms with Crippen LogP contribution >= 0.6 is 11.3 Å². The third kappa shape index (κ3) is 3.93. The van der Waals surface area contributed by atoms with Crippen LogP contribution in [0.2, 0.25) is 0 Å². The fourth-order valence-electron chi connectivity index (χ4n) is 3.21. The van der Waals surface area contributed by atoms with Gasteiger partial charge in [0.05, 0.1) is 17.2 Å². The van der Waals surface area contributed by atoms with Gasteiger partial charge < -0.3 is 4.74 Å². The van der Waals surface area contributed by atoms with Gasteiger partial charge in [0.15, 0.2) is 0 Å². The number of fused-ring (bicyclic) bond motifs is 1. The van der Waals surface area contributed by atoms with E-state index in [-0.39, 0.29) is 5.91 Å². The SMILES string of the molecule is CCOc1ccc(C(=O)NNC(=O)c2sc3nc(C4CC4)nc(C)c3c2C)cc1. The number of hydrazine groups is 1. The Morgan fingerprint density at radius 3 is 2.45 bits per heavy atom. The molecule has 2 amide bonds. The first-order valence-corrected chi connectivity index (χ1v) is 10.4. The molecule has 2 aromatic heterocycles. The van der Waals surface area contributed by atoms with Crippen molar-refractivity contribution < 1.29 is 14.3 Å². The molecule has 4 rings (SSSR count). The van der Waals surface area contributed by atoms with Crippen LogP contribution in [0.15, 0.2) is 24.3 Å². The lowest BCUT2D eigenvalue weighted by Crippen LogP contribution is -2.41. The molecule has 2 heterocycles. The van der Waals surface area contributed by atoms with E-state index in [1.807, 2.05) is 20.8 Å². The zero-order valence-electron chi connectivity index (χ0n) is 16.5. The largest absolute Gasteiger partial charge is 0.494 e. The Morgan fingerprint density at radius 2 is 1.79 bits per heavy atom. The van der Waals surface area contributed by atoms with Crippen LogP contribution in [0.3, 0.4) is 0 Å². The third-order valence-corrected chi connectivity index (χ3v) is 6.04. The second-order valence-corrected chi connectivity index (χ2v) is 8.04. The Kier molecular flexibility index (Phi) is 5.19. The van der Waals surface area contributed by atoms with Gasteiger partial charge >= 0.3 is 0 Å². The molecule has 0 atom stereocenters. The van der Waals surface area contributed by atoms with Gasteiger partial charge in [0.1, 0.15) is 16.4 Å². The molecule has 8 heteroatoms. The number of nitrogens with zero attached hydrogens (tertiary/aromatic N) is 2. The number of hydrogen-bond acceptors (Lipinski definition) is 6. The smallest absolute Gasteiger partial charge is 0.280 e. The average molecular weight is 410 g/mol. The van der Waals surface area contributed by atoms with E-state index < -0.39 is 5.91 Å². The highest BCUT2D eigenvalue weighted by Gasteiger charge is 2.28. The van der Waals surface area contributed by atoms with Crippen molar-refractivity contribution in [3.05, 3.63) is 51.8 Å². The molecule has 7 nitrogen and oxygen atoms in total. The fraction of sp³-hybridized carbons (Fsp3) is 0.333. The molecule has 0 saturated heterocycles. The zero-order valence-corrected chi connectivity index (χ0v) is 17.4. The quantitative estimate of drug-likeness (QED) is 0.626. The summed E-state index contributed by atoms with van der Waals surface area (Å²) in [6, 6.07) is 6.73. The van der Waals surface area contributed by atoms with E-state index in [4.69, 9.17) is 4.74 Å². The Bertz CT molecular complexity index is 1090. The van der Waals surface area contributed by atoms with Gasteiger partial charge in [0.2, 0.25) is 0 Å². The summed E-state index contributed by atoms with van der Waals surface area (Å²) in [6.07, 6.45) is 2.25. The van der Waals surface area contributed by atoms with Gasteiger partial charge in [-0.15, -0.1) is 11.3 Å². The summed E-state index contributed by atoms with van der Waals surface area (Å²) in [4.78, 5) is 35.6. The predicted molar refractivity (Wildman–Crippen MR) is 111 cm³/mol. The first-order valence-electron chi connectivity index (χ1n) is 9.59. The maximum absolute atomic E-state index is 12.7. The first-order chi connectivity index (χ1) is 14.0. The predicted octanol–water partition coefficient (Wildman–Crippen LogP) is 3.66. The lowest BCUT2D eigenvalue weighted by molar-refractivity contribution is 0.0848. The summed E-state index contributed by atoms with van der Waals surface area (Å²) in [5.74, 6) is 1.25. The summed E-state index contributed by atoms with van der Waals surface area (Å²) >= 11 is 1.33. The van der Waals surface area contributed by atoms with Gasteiger partial charge in [-0.05, 0) is 63.4 Å². The highest BCUT2D eigenvalue weighted by Crippen LogP contribution is 2.40. The lowest BCUT2D eigenvalue weighted by Gasteiger charge is -2.08. The fourth-order valence-corrected chi connectivity index (χ4v) is 4.35. The van der Waals surface area contributed by atoms with E-state index in [0.717, 1.165) is 40.1 Å². The maximum Gasteiger partial charge on any atom is 0.280 e. The summed E-state index contributed by atoms with van der Waals surface area (Å²) in [5, 5.41) is 0.919. The average Bonchev–Trinajstić information content (AvgIpc) is 3.50. The van der Waals surface area contributed by atoms with E-state index in [1.165, 1.54) is 11.3 Å². The van der Waals surface area contributed by atoms with Crippen LogP contribution in [0.1, 0.15) is 62.8 Å². The molecule has 1 aromatic carbocycles. The highest BCUT2D eigenvalue weighted by atomic mass is 32.1. The van der Waals surface area contributed by atoms with Crippen molar-refractivity contribution in [1.82, 2.24) is 20.8 Å². The van der Waals surface area contributed by atoms with Crippen molar-refractivity contribution in [3.63, 3.8) is 0 Å². The molecule has 3 aromatic rings. The molecule has 150 valence electrons. The normalized spacial score (nSPS) is 13.3. The number of carbonyl (C=O) groups excluding carboxylic acids is 2. The van der Waals surface area contributed by atoms with Crippen LogP contribution in [0, 0.1) is 13.8 Å². The Balaban J connectivity index is 1.48. The molecule has 1 fully saturated rings. The zero-order chi connectivity index (χ0) is 20.5. The number of benzene rings is 1. The van der Waals surface area contributed by atoms with Gasteiger partial charge in [0.25, 0.3) is 11.8 Å². The van der Waals surface area contributed by atoms with Crippen LogP contribution in [-0.4, -0.2) is 28.4 Å². The van der Waals surface area contributed by atoms with E-state index in [9.17, 15) is 9.59 Å². The van der Waals surface area contributed by atoms with E-state index in [0.29, 0.717) is 28.7 Å². The number of rotatable bonds is 5. The number of amides is 2. The van der Waals surface area contributed by atoms with Crippen LogP contribution in [0.5, 0.6) is 5.75 Å². The van der Waals surface area contributed by atoms with Crippen molar-refractivity contribution in [2.24, 2.45) is 0 Å². The minimum absolute atomic E-state index is 0.364. The van der Waals surface area contributed by atoms with Crippen LogP contribution < -0.4 is 15.6 Å². The van der Waals surface area contributed by atoms with Crippen molar-refractivity contribution in [2.75, 3.05) is 6.61 Å². The molecule has 0 radical (unpaired) electrons. The van der Waals surface area contributed by atoms with E-state index in [1.54, 1.807) is 24.3 Å². The lowest BCUT2D eigenvalue weighted by atomic mass is 10.1. The second kappa shape index (κ2) is 7.79. The number of aromatic nitrogens is 2. The number of carbonyl (C=O) groups is 2. The molecule has 0 aliphatic heterocycles. The van der Waals surface area contributed by atoms with E-state index >= 15 is 0 Å². The Morgan fingerprint density at radius 1 is 1.10 bits per heavy atom. The standard InChI is InChI=1S/C21H22N4O3S/c1-4-28-15-9-7-14(8-10-15)19(26)24-25-20(27)17-11(2)16-12(3)22-18(13-5-6-13)23-21(16)29-17/h7-10,13H,4-6H2,1-3H3,(H,24,26)(H,25,27). The topological polar surface area (TPSA) is 93.2 Å². The van der Waals surface area contributed by atoms with Crippen molar-refractivity contribution >= 4 is 33.4 Å². The Labute approximate surface area is 172 Å². The number of ether oxygens (including phenoxy) is 1. The molecular formula is C21H22N4O3S. The van der Waals surface area contributed by atoms with Gasteiger partial charge in [0, 0.05) is 16.9 Å². The summed E-state index contributed by atoms with van der Waals surface area (Å²) in [7, 11) is 0. The number of nitrogens with one attached hydrogen (secondary N) is 2. The van der Waals surface area contributed by atoms with Crippen LogP contribution in [0.4, 0.5) is 0 Å². The maximum atomic E-state index is 12.7. The van der Waals surface area contributed by atoms with Gasteiger partial charge in [-0.2, -0.15) is 0 Å². The molecule has 0 spiro atoms. The number of aryl methyl sites for hydroxylation is 2. The van der Waals surface area contributed by atoms with Crippen molar-refractivity contribution in [3.8, 4) is 5.75 Å². The molecule has 1 aliphatic rings. The molecule has 29 heavy (non-hydrogen) atoms. The second-order valence-electron chi connectivity index (χ2n) is 7.04. The molecule has 1 saturated carbocycles. The molecule has 2 N–H and O–H groups in total. The highest BCUT2D eigenvalue weighted by molar-refractivity contribution is 7.20. The van der Waals surface area contributed by atoms with Crippen LogP contribution in [0.25, 0.3) is 10.2 Å². The van der Waals surface area contributed by atoms with Gasteiger partial charge in [-0.3, -0.25) is 20.4 Å². The minimum atomic E-state index is -0.396. The summed E-state index contributed by atoms with van der Waals surface area (Å²) in [6.45, 7) is 6.29. The molecule has 0 bridgehead atoms.